The molecule has 0 saturated carbocycles. The fourth-order valence-corrected chi connectivity index (χ4v) is 2.20. The molecule has 0 aliphatic carbocycles. The number of halogens is 1. The Balaban J connectivity index is 2.09. The predicted octanol–water partition coefficient (Wildman–Crippen LogP) is 2.96. The lowest BCUT2D eigenvalue weighted by Gasteiger charge is -2.08. The first-order valence-electron chi connectivity index (χ1n) is 6.40. The van der Waals surface area contributed by atoms with E-state index in [-0.39, 0.29) is 11.4 Å². The average molecular weight is 280 g/mol. The molecule has 0 fully saturated rings. The predicted molar refractivity (Wildman–Crippen MR) is 80.0 cm³/mol. The van der Waals surface area contributed by atoms with Crippen LogP contribution in [0.1, 0.15) is 5.56 Å². The number of aromatic nitrogens is 2. The van der Waals surface area contributed by atoms with Gasteiger partial charge in [-0.25, -0.2) is 9.07 Å². The van der Waals surface area contributed by atoms with Gasteiger partial charge in [0.2, 0.25) is 0 Å². The molecule has 0 spiro atoms. The Morgan fingerprint density at radius 3 is 2.52 bits per heavy atom. The van der Waals surface area contributed by atoms with Crippen molar-refractivity contribution in [2.24, 2.45) is 5.73 Å². The minimum atomic E-state index is -0.531. The zero-order valence-corrected chi connectivity index (χ0v) is 11.1. The van der Waals surface area contributed by atoms with Gasteiger partial charge in [-0.3, -0.25) is 5.41 Å². The second-order valence-corrected chi connectivity index (χ2v) is 4.59. The number of hydrogen-bond donors (Lipinski definition) is 2. The summed E-state index contributed by atoms with van der Waals surface area (Å²) in [5, 5.41) is 11.8. The molecular weight excluding hydrogens is 267 g/mol. The molecule has 1 aromatic heterocycles. The zero-order chi connectivity index (χ0) is 14.8. The summed E-state index contributed by atoms with van der Waals surface area (Å²) in [7, 11) is 0. The highest BCUT2D eigenvalue weighted by Gasteiger charge is 2.14. The van der Waals surface area contributed by atoms with Gasteiger partial charge in [-0.05, 0) is 17.7 Å². The van der Waals surface area contributed by atoms with Crippen LogP contribution < -0.4 is 5.73 Å². The topological polar surface area (TPSA) is 67.7 Å². The molecule has 104 valence electrons. The number of nitrogens with one attached hydrogen (secondary N) is 1. The molecule has 0 aliphatic heterocycles. The van der Waals surface area contributed by atoms with Crippen molar-refractivity contribution in [1.29, 1.82) is 5.41 Å². The quantitative estimate of drug-likeness (QED) is 0.572. The third-order valence-electron chi connectivity index (χ3n) is 3.20. The van der Waals surface area contributed by atoms with Gasteiger partial charge in [0.25, 0.3) is 0 Å². The summed E-state index contributed by atoms with van der Waals surface area (Å²) in [6.07, 6.45) is 3.49. The third-order valence-corrected chi connectivity index (χ3v) is 3.20. The van der Waals surface area contributed by atoms with Crippen molar-refractivity contribution in [3.8, 4) is 16.8 Å². The smallest absolute Gasteiger partial charge is 0.136 e. The van der Waals surface area contributed by atoms with Crippen LogP contribution in [0.3, 0.4) is 0 Å². The number of amidine groups is 1. The lowest BCUT2D eigenvalue weighted by Crippen LogP contribution is -2.17. The highest BCUT2D eigenvalue weighted by Crippen LogP contribution is 2.22. The van der Waals surface area contributed by atoms with Crippen LogP contribution in [0.4, 0.5) is 4.39 Å². The fraction of sp³-hybridized carbons (Fsp3) is 0. The first kappa shape index (κ1) is 13.1. The van der Waals surface area contributed by atoms with Crippen molar-refractivity contribution in [3.05, 3.63) is 72.3 Å². The van der Waals surface area contributed by atoms with Crippen molar-refractivity contribution >= 4 is 5.84 Å². The van der Waals surface area contributed by atoms with Crippen LogP contribution in [0.2, 0.25) is 0 Å². The summed E-state index contributed by atoms with van der Waals surface area (Å²) in [4.78, 5) is 0. The number of hydrogen-bond acceptors (Lipinski definition) is 2. The van der Waals surface area contributed by atoms with E-state index in [0.717, 1.165) is 11.1 Å². The monoisotopic (exact) mass is 280 g/mol. The second-order valence-electron chi connectivity index (χ2n) is 4.59. The number of rotatable bonds is 3. The van der Waals surface area contributed by atoms with Crippen molar-refractivity contribution in [3.63, 3.8) is 0 Å². The Hall–Kier alpha value is -2.95. The fourth-order valence-electron chi connectivity index (χ4n) is 2.20. The normalized spacial score (nSPS) is 10.5. The first-order valence-corrected chi connectivity index (χ1v) is 6.40. The van der Waals surface area contributed by atoms with Crippen molar-refractivity contribution in [2.75, 3.05) is 0 Å². The van der Waals surface area contributed by atoms with E-state index < -0.39 is 5.82 Å². The maximum Gasteiger partial charge on any atom is 0.136 e. The van der Waals surface area contributed by atoms with E-state index in [9.17, 15) is 4.39 Å². The van der Waals surface area contributed by atoms with Crippen molar-refractivity contribution < 1.29 is 4.39 Å². The van der Waals surface area contributed by atoms with Gasteiger partial charge in [0.1, 0.15) is 11.7 Å². The average Bonchev–Trinajstić information content (AvgIpc) is 2.97. The molecule has 0 atom stereocenters. The van der Waals surface area contributed by atoms with E-state index in [1.54, 1.807) is 24.5 Å². The van der Waals surface area contributed by atoms with Crippen LogP contribution in [0.15, 0.2) is 60.9 Å². The highest BCUT2D eigenvalue weighted by atomic mass is 19.1. The molecule has 0 aliphatic rings. The Morgan fingerprint density at radius 1 is 1.05 bits per heavy atom. The Morgan fingerprint density at radius 2 is 1.81 bits per heavy atom. The summed E-state index contributed by atoms with van der Waals surface area (Å²) in [6, 6.07) is 14.3. The van der Waals surface area contributed by atoms with Gasteiger partial charge >= 0.3 is 0 Å². The van der Waals surface area contributed by atoms with Gasteiger partial charge in [-0.15, -0.1) is 0 Å². The van der Waals surface area contributed by atoms with Crippen molar-refractivity contribution in [2.45, 2.75) is 0 Å². The Kier molecular flexibility index (Phi) is 3.23. The van der Waals surface area contributed by atoms with E-state index >= 15 is 0 Å². The second kappa shape index (κ2) is 5.20. The van der Waals surface area contributed by atoms with Gasteiger partial charge in [0, 0.05) is 11.8 Å². The number of benzene rings is 2. The SMILES string of the molecule is N=C(N)c1c(F)cccc1-n1cc(-c2ccccc2)cn1. The molecular formula is C16H13FN4. The van der Waals surface area contributed by atoms with Gasteiger partial charge in [0.15, 0.2) is 0 Å². The van der Waals surface area contributed by atoms with E-state index in [0.29, 0.717) is 5.69 Å². The number of nitrogen functional groups attached to an aromatic ring is 1. The van der Waals surface area contributed by atoms with Crippen LogP contribution in [0, 0.1) is 11.2 Å². The molecule has 4 nitrogen and oxygen atoms in total. The molecule has 5 heteroatoms. The molecule has 0 radical (unpaired) electrons. The van der Waals surface area contributed by atoms with Gasteiger partial charge in [0.05, 0.1) is 17.4 Å². The summed E-state index contributed by atoms with van der Waals surface area (Å²) in [5.41, 5.74) is 7.91. The molecule has 2 aromatic carbocycles. The number of nitrogens with zero attached hydrogens (tertiary/aromatic N) is 2. The van der Waals surface area contributed by atoms with Gasteiger partial charge < -0.3 is 5.73 Å². The minimum Gasteiger partial charge on any atom is -0.384 e. The van der Waals surface area contributed by atoms with E-state index in [4.69, 9.17) is 11.1 Å². The van der Waals surface area contributed by atoms with Crippen LogP contribution in [-0.2, 0) is 0 Å². The first-order chi connectivity index (χ1) is 10.2. The van der Waals surface area contributed by atoms with E-state index in [1.807, 2.05) is 30.3 Å². The lowest BCUT2D eigenvalue weighted by atomic mass is 10.1. The van der Waals surface area contributed by atoms with Crippen LogP contribution in [-0.4, -0.2) is 15.6 Å². The van der Waals surface area contributed by atoms with E-state index in [1.165, 1.54) is 10.7 Å². The van der Waals surface area contributed by atoms with Crippen LogP contribution in [0.25, 0.3) is 16.8 Å². The molecule has 0 unspecified atom stereocenters. The summed E-state index contributed by atoms with van der Waals surface area (Å²) in [5.74, 6) is -0.850. The van der Waals surface area contributed by atoms with Gasteiger partial charge in [-0.1, -0.05) is 36.4 Å². The van der Waals surface area contributed by atoms with E-state index in [2.05, 4.69) is 5.10 Å². The molecule has 3 rings (SSSR count). The molecule has 3 aromatic rings. The maximum absolute atomic E-state index is 13.9. The molecule has 0 saturated heterocycles. The summed E-state index contributed by atoms with van der Waals surface area (Å²) < 4.78 is 15.4. The van der Waals surface area contributed by atoms with Crippen LogP contribution >= 0.6 is 0 Å². The Labute approximate surface area is 121 Å². The minimum absolute atomic E-state index is 0.0558. The lowest BCUT2D eigenvalue weighted by molar-refractivity contribution is 0.622. The van der Waals surface area contributed by atoms with Crippen molar-refractivity contribution in [1.82, 2.24) is 9.78 Å². The Bertz CT molecular complexity index is 793. The molecule has 21 heavy (non-hydrogen) atoms. The standard InChI is InChI=1S/C16H13FN4/c17-13-7-4-8-14(15(13)16(18)19)21-10-12(9-20-21)11-5-2-1-3-6-11/h1-10H,(H3,18,19). The molecule has 3 N–H and O–H groups in total. The summed E-state index contributed by atoms with van der Waals surface area (Å²) in [6.45, 7) is 0. The third kappa shape index (κ3) is 2.41. The zero-order valence-electron chi connectivity index (χ0n) is 11.1. The molecule has 0 bridgehead atoms. The molecule has 1 heterocycles. The summed E-state index contributed by atoms with van der Waals surface area (Å²) >= 11 is 0. The highest BCUT2D eigenvalue weighted by molar-refractivity contribution is 5.98. The number of nitrogens with two attached hydrogens (primary N) is 1. The maximum atomic E-state index is 13.9. The largest absolute Gasteiger partial charge is 0.384 e. The van der Waals surface area contributed by atoms with Gasteiger partial charge in [-0.2, -0.15) is 5.10 Å². The van der Waals surface area contributed by atoms with Crippen LogP contribution in [0.5, 0.6) is 0 Å². The molecule has 0 amide bonds.